The Morgan fingerprint density at radius 3 is 2.52 bits per heavy atom. The molecule has 0 unspecified atom stereocenters. The highest BCUT2D eigenvalue weighted by Crippen LogP contribution is 2.31. The molecule has 7 nitrogen and oxygen atoms in total. The minimum Gasteiger partial charge on any atom is -0.493 e. The predicted molar refractivity (Wildman–Crippen MR) is 126 cm³/mol. The normalized spacial score (nSPS) is 10.7. The molecule has 0 saturated heterocycles. The van der Waals surface area contributed by atoms with Crippen molar-refractivity contribution in [1.29, 1.82) is 0 Å². The third-order valence-electron chi connectivity index (χ3n) is 4.95. The van der Waals surface area contributed by atoms with E-state index in [-0.39, 0.29) is 12.2 Å². The Morgan fingerprint density at radius 1 is 1.13 bits per heavy atom. The Kier molecular flexibility index (Phi) is 7.86. The first-order valence-electron chi connectivity index (χ1n) is 10.0. The first-order valence-corrected chi connectivity index (χ1v) is 10.4. The van der Waals surface area contributed by atoms with Crippen LogP contribution in [-0.4, -0.2) is 47.5 Å². The summed E-state index contributed by atoms with van der Waals surface area (Å²) >= 11 is 5.58. The Balaban J connectivity index is 1.83. The topological polar surface area (TPSA) is 86.8 Å². The molecular formula is C23H27N3O4S. The zero-order valence-electron chi connectivity index (χ0n) is 17.7. The predicted octanol–water partition coefficient (Wildman–Crippen LogP) is 2.80. The van der Waals surface area contributed by atoms with Crippen molar-refractivity contribution in [2.75, 3.05) is 27.4 Å². The third kappa shape index (κ3) is 5.74. The summed E-state index contributed by atoms with van der Waals surface area (Å²) in [6, 6.07) is 15.4. The molecule has 0 aliphatic heterocycles. The van der Waals surface area contributed by atoms with Crippen LogP contribution in [0.2, 0.25) is 0 Å². The molecule has 0 aliphatic carbocycles. The van der Waals surface area contributed by atoms with Crippen LogP contribution in [0.15, 0.2) is 53.3 Å². The van der Waals surface area contributed by atoms with Crippen LogP contribution in [0.4, 0.5) is 0 Å². The number of rotatable bonds is 9. The van der Waals surface area contributed by atoms with Gasteiger partial charge in [0, 0.05) is 36.7 Å². The zero-order chi connectivity index (χ0) is 22.2. The standard InChI is InChI=1S/C23H27N3O4S/c1-29-20-12-17-11-18(22(28)25-19(17)13-21(20)30-2)15-26(9-6-10-27)23(31)24-14-16-7-4-3-5-8-16/h3-5,7-8,11-13,27H,6,9-10,14-15H2,1-2H3,(H,24,31)(H,25,28). The summed E-state index contributed by atoms with van der Waals surface area (Å²) < 4.78 is 10.7. The maximum Gasteiger partial charge on any atom is 0.253 e. The van der Waals surface area contributed by atoms with Crippen molar-refractivity contribution in [3.63, 3.8) is 0 Å². The molecule has 3 aromatic rings. The number of hydrogen-bond acceptors (Lipinski definition) is 5. The summed E-state index contributed by atoms with van der Waals surface area (Å²) in [7, 11) is 3.13. The summed E-state index contributed by atoms with van der Waals surface area (Å²) in [5.41, 5.74) is 2.15. The molecular weight excluding hydrogens is 414 g/mol. The van der Waals surface area contributed by atoms with Crippen LogP contribution in [0.1, 0.15) is 17.5 Å². The van der Waals surface area contributed by atoms with E-state index in [4.69, 9.17) is 21.7 Å². The van der Waals surface area contributed by atoms with E-state index in [1.165, 1.54) is 0 Å². The van der Waals surface area contributed by atoms with Crippen LogP contribution >= 0.6 is 12.2 Å². The average molecular weight is 442 g/mol. The minimum absolute atomic E-state index is 0.0445. The second-order valence-electron chi connectivity index (χ2n) is 7.06. The number of aromatic nitrogens is 1. The Hall–Kier alpha value is -3.10. The number of thiocarbonyl (C=S) groups is 1. The lowest BCUT2D eigenvalue weighted by Crippen LogP contribution is -2.40. The fraction of sp³-hybridized carbons (Fsp3) is 0.304. The van der Waals surface area contributed by atoms with Gasteiger partial charge in [0.15, 0.2) is 16.6 Å². The van der Waals surface area contributed by atoms with Crippen molar-refractivity contribution in [3.8, 4) is 11.5 Å². The van der Waals surface area contributed by atoms with Gasteiger partial charge >= 0.3 is 0 Å². The lowest BCUT2D eigenvalue weighted by molar-refractivity contribution is 0.264. The van der Waals surface area contributed by atoms with Gasteiger partial charge in [0.2, 0.25) is 0 Å². The van der Waals surface area contributed by atoms with Crippen molar-refractivity contribution in [2.24, 2.45) is 0 Å². The molecule has 0 saturated carbocycles. The summed E-state index contributed by atoms with van der Waals surface area (Å²) in [5.74, 6) is 1.14. The molecule has 0 fully saturated rings. The highest BCUT2D eigenvalue weighted by atomic mass is 32.1. The quantitative estimate of drug-likeness (QED) is 0.440. The smallest absolute Gasteiger partial charge is 0.253 e. The van der Waals surface area contributed by atoms with Gasteiger partial charge in [-0.25, -0.2) is 0 Å². The van der Waals surface area contributed by atoms with E-state index in [1.807, 2.05) is 47.4 Å². The maximum absolute atomic E-state index is 12.7. The molecule has 0 radical (unpaired) electrons. The van der Waals surface area contributed by atoms with E-state index in [1.54, 1.807) is 20.3 Å². The van der Waals surface area contributed by atoms with Crippen molar-refractivity contribution in [3.05, 3.63) is 70.0 Å². The van der Waals surface area contributed by atoms with E-state index in [0.717, 1.165) is 10.9 Å². The summed E-state index contributed by atoms with van der Waals surface area (Å²) in [4.78, 5) is 17.5. The van der Waals surface area contributed by atoms with E-state index >= 15 is 0 Å². The molecule has 0 spiro atoms. The van der Waals surface area contributed by atoms with Crippen LogP contribution in [0, 0.1) is 0 Å². The summed E-state index contributed by atoms with van der Waals surface area (Å²) in [6.45, 7) is 1.48. The molecule has 164 valence electrons. The number of H-pyrrole nitrogens is 1. The van der Waals surface area contributed by atoms with Gasteiger partial charge in [-0.1, -0.05) is 30.3 Å². The molecule has 0 aliphatic rings. The van der Waals surface area contributed by atoms with E-state index in [0.29, 0.717) is 53.7 Å². The van der Waals surface area contributed by atoms with Gasteiger partial charge in [-0.05, 0) is 36.3 Å². The molecule has 0 atom stereocenters. The van der Waals surface area contributed by atoms with Gasteiger partial charge < -0.3 is 29.8 Å². The molecule has 1 aromatic heterocycles. The highest BCUT2D eigenvalue weighted by Gasteiger charge is 2.14. The molecule has 1 heterocycles. The number of aliphatic hydroxyl groups is 1. The third-order valence-corrected chi connectivity index (χ3v) is 5.35. The van der Waals surface area contributed by atoms with Gasteiger partial charge in [-0.15, -0.1) is 0 Å². The van der Waals surface area contributed by atoms with Crippen molar-refractivity contribution >= 4 is 28.2 Å². The van der Waals surface area contributed by atoms with Crippen molar-refractivity contribution < 1.29 is 14.6 Å². The molecule has 0 bridgehead atoms. The number of pyridine rings is 1. The van der Waals surface area contributed by atoms with Crippen LogP contribution in [-0.2, 0) is 13.1 Å². The van der Waals surface area contributed by atoms with Gasteiger partial charge in [0.25, 0.3) is 5.56 Å². The molecule has 0 amide bonds. The monoisotopic (exact) mass is 441 g/mol. The minimum atomic E-state index is -0.195. The van der Waals surface area contributed by atoms with Crippen molar-refractivity contribution in [2.45, 2.75) is 19.5 Å². The number of aromatic amines is 1. The van der Waals surface area contributed by atoms with Crippen LogP contribution < -0.4 is 20.3 Å². The summed E-state index contributed by atoms with van der Waals surface area (Å²) in [6.07, 6.45) is 0.545. The Labute approximate surface area is 186 Å². The van der Waals surface area contributed by atoms with E-state index in [9.17, 15) is 9.90 Å². The second-order valence-corrected chi connectivity index (χ2v) is 7.45. The van der Waals surface area contributed by atoms with Gasteiger partial charge in [0.05, 0.1) is 26.3 Å². The first kappa shape index (κ1) is 22.6. The Morgan fingerprint density at radius 2 is 1.84 bits per heavy atom. The lowest BCUT2D eigenvalue weighted by Gasteiger charge is -2.25. The zero-order valence-corrected chi connectivity index (χ0v) is 18.5. The molecule has 3 rings (SSSR count). The lowest BCUT2D eigenvalue weighted by atomic mass is 10.1. The SMILES string of the molecule is COc1cc2cc(CN(CCCO)C(=S)NCc3ccccc3)c(=O)[nH]c2cc1OC. The van der Waals surface area contributed by atoms with Gasteiger partial charge in [-0.3, -0.25) is 4.79 Å². The number of ether oxygens (including phenoxy) is 2. The highest BCUT2D eigenvalue weighted by molar-refractivity contribution is 7.80. The number of hydrogen-bond donors (Lipinski definition) is 3. The number of methoxy groups -OCH3 is 2. The number of nitrogens with one attached hydrogen (secondary N) is 2. The van der Waals surface area contributed by atoms with E-state index in [2.05, 4.69) is 10.3 Å². The average Bonchev–Trinajstić information content (AvgIpc) is 2.80. The number of nitrogens with zero attached hydrogens (tertiary/aromatic N) is 1. The summed E-state index contributed by atoms with van der Waals surface area (Å²) in [5, 5.41) is 13.9. The van der Waals surface area contributed by atoms with Gasteiger partial charge in [-0.2, -0.15) is 0 Å². The largest absolute Gasteiger partial charge is 0.493 e. The fourth-order valence-corrected chi connectivity index (χ4v) is 3.53. The fourth-order valence-electron chi connectivity index (χ4n) is 3.30. The molecule has 31 heavy (non-hydrogen) atoms. The van der Waals surface area contributed by atoms with Crippen molar-refractivity contribution in [1.82, 2.24) is 15.2 Å². The molecule has 8 heteroatoms. The number of fused-ring (bicyclic) bond motifs is 1. The van der Waals surface area contributed by atoms with Crippen LogP contribution in [0.25, 0.3) is 10.9 Å². The van der Waals surface area contributed by atoms with Crippen LogP contribution in [0.5, 0.6) is 11.5 Å². The second kappa shape index (κ2) is 10.8. The van der Waals surface area contributed by atoms with E-state index < -0.39 is 0 Å². The van der Waals surface area contributed by atoms with Crippen LogP contribution in [0.3, 0.4) is 0 Å². The van der Waals surface area contributed by atoms with Gasteiger partial charge in [0.1, 0.15) is 0 Å². The Bertz CT molecular complexity index is 1090. The number of aliphatic hydroxyl groups excluding tert-OH is 1. The molecule has 3 N–H and O–H groups in total. The maximum atomic E-state index is 12.7. The first-order chi connectivity index (χ1) is 15.0. The molecule has 2 aromatic carbocycles. The number of benzene rings is 2.